The van der Waals surface area contributed by atoms with Gasteiger partial charge in [-0.3, -0.25) is 19.3 Å². The van der Waals surface area contributed by atoms with Gasteiger partial charge in [-0.05, 0) is 62.5 Å². The number of benzene rings is 3. The summed E-state index contributed by atoms with van der Waals surface area (Å²) in [5.74, 6) is -4.67. The molecule has 9 nitrogen and oxygen atoms in total. The molecule has 4 N–H and O–H groups in total. The fourth-order valence-electron chi connectivity index (χ4n) is 5.88. The Balaban J connectivity index is 1.84. The molecule has 0 aromatic heterocycles. The summed E-state index contributed by atoms with van der Waals surface area (Å²) >= 11 is 0. The normalized spacial score (nSPS) is 18.4. The Morgan fingerprint density at radius 1 is 0.930 bits per heavy atom. The summed E-state index contributed by atoms with van der Waals surface area (Å²) in [5, 5.41) is 33.5. The molecule has 43 heavy (non-hydrogen) atoms. The molecule has 10 heteroatoms. The lowest BCUT2D eigenvalue weighted by Crippen LogP contribution is -2.58. The van der Waals surface area contributed by atoms with Gasteiger partial charge in [0, 0.05) is 55.1 Å². The Kier molecular flexibility index (Phi) is 10.3. The summed E-state index contributed by atoms with van der Waals surface area (Å²) < 4.78 is 14.9. The molecule has 1 heterocycles. The van der Waals surface area contributed by atoms with Crippen LogP contribution in [0.3, 0.4) is 0 Å². The van der Waals surface area contributed by atoms with Crippen LogP contribution in [0.15, 0.2) is 66.7 Å². The van der Waals surface area contributed by atoms with E-state index in [1.807, 2.05) is 19.0 Å². The average Bonchev–Trinajstić information content (AvgIpc) is 2.97. The lowest BCUT2D eigenvalue weighted by atomic mass is 9.67. The third-order valence-corrected chi connectivity index (χ3v) is 8.11. The highest BCUT2D eigenvalue weighted by Crippen LogP contribution is 2.43. The Morgan fingerprint density at radius 2 is 1.47 bits per heavy atom. The van der Waals surface area contributed by atoms with Crippen LogP contribution in [0.4, 0.5) is 4.39 Å². The minimum absolute atomic E-state index is 0.00867. The molecule has 1 unspecified atom stereocenters. The number of hydrogen-bond donors (Lipinski definition) is 4. The number of phenols is 2. The number of phenolic OH excluding ortho intramolecular Hbond substituents is 2. The zero-order chi connectivity index (χ0) is 31.3. The molecule has 0 saturated carbocycles. The van der Waals surface area contributed by atoms with Crippen LogP contribution < -0.4 is 5.32 Å². The van der Waals surface area contributed by atoms with E-state index in [2.05, 4.69) is 5.32 Å². The van der Waals surface area contributed by atoms with Gasteiger partial charge >= 0.3 is 0 Å². The molecule has 4 rings (SSSR count). The van der Waals surface area contributed by atoms with Crippen molar-refractivity contribution in [1.82, 2.24) is 15.1 Å². The number of piperidine rings is 1. The number of hydrogen-bond acceptors (Lipinski definition) is 8. The second kappa shape index (κ2) is 13.9. The van der Waals surface area contributed by atoms with Crippen molar-refractivity contribution in [3.63, 3.8) is 0 Å². The SMILES string of the molecule is Cc1c(F)cccc1C1[C@@H](C(=O)c2cccc(O)c2)CN(C(CO)C(=O)NCCN(C)C)C[C@@H]1C(=O)c1cccc(O)c1. The number of nitrogens with one attached hydrogen (secondary N) is 1. The topological polar surface area (TPSA) is 130 Å². The number of aliphatic hydroxyl groups is 1. The largest absolute Gasteiger partial charge is 0.508 e. The highest BCUT2D eigenvalue weighted by atomic mass is 19.1. The van der Waals surface area contributed by atoms with Crippen molar-refractivity contribution in [2.24, 2.45) is 11.8 Å². The maximum atomic E-state index is 14.9. The molecular formula is C33H38FN3O6. The Hall–Kier alpha value is -4.12. The number of rotatable bonds is 11. The fourth-order valence-corrected chi connectivity index (χ4v) is 5.88. The molecule has 1 fully saturated rings. The Bertz CT molecular complexity index is 1410. The van der Waals surface area contributed by atoms with E-state index in [4.69, 9.17) is 0 Å². The number of amides is 1. The van der Waals surface area contributed by atoms with E-state index in [1.54, 1.807) is 30.0 Å². The standard InChI is InChI=1S/C33H38FN3O6/c1-20-25(11-6-12-28(20)34)30-26(31(41)21-7-4-9-23(39)15-21)17-37(29(19-38)33(43)35-13-14-36(2)3)18-27(30)32(42)22-8-5-10-24(40)16-22/h4-12,15-16,26-27,29-30,38-40H,13-14,17-19H2,1-3H3,(H,35,43)/t26-,27-,29?/m0/s1. The van der Waals surface area contributed by atoms with Crippen molar-refractivity contribution >= 4 is 17.5 Å². The van der Waals surface area contributed by atoms with Crippen LogP contribution in [0.1, 0.15) is 37.8 Å². The van der Waals surface area contributed by atoms with Crippen molar-refractivity contribution in [2.45, 2.75) is 18.9 Å². The lowest BCUT2D eigenvalue weighted by molar-refractivity contribution is -0.129. The van der Waals surface area contributed by atoms with Gasteiger partial charge in [-0.1, -0.05) is 36.4 Å². The molecular weight excluding hydrogens is 553 g/mol. The molecule has 0 bridgehead atoms. The summed E-state index contributed by atoms with van der Waals surface area (Å²) in [6, 6.07) is 15.2. The van der Waals surface area contributed by atoms with Gasteiger partial charge in [-0.2, -0.15) is 0 Å². The molecule has 0 spiro atoms. The molecule has 1 aliphatic heterocycles. The quantitative estimate of drug-likeness (QED) is 0.251. The molecule has 0 aliphatic carbocycles. The number of likely N-dealkylation sites (N-methyl/N-ethyl adjacent to an activating group) is 1. The van der Waals surface area contributed by atoms with Crippen LogP contribution in [0.5, 0.6) is 11.5 Å². The van der Waals surface area contributed by atoms with E-state index in [0.717, 1.165) is 0 Å². The van der Waals surface area contributed by atoms with E-state index >= 15 is 0 Å². The zero-order valence-electron chi connectivity index (χ0n) is 24.5. The van der Waals surface area contributed by atoms with E-state index in [9.17, 15) is 34.1 Å². The van der Waals surface area contributed by atoms with E-state index < -0.39 is 53.7 Å². The third kappa shape index (κ3) is 7.27. The smallest absolute Gasteiger partial charge is 0.239 e. The predicted molar refractivity (Wildman–Crippen MR) is 160 cm³/mol. The second-order valence-electron chi connectivity index (χ2n) is 11.3. The number of carbonyl (C=O) groups excluding carboxylic acids is 3. The van der Waals surface area contributed by atoms with Crippen molar-refractivity contribution in [1.29, 1.82) is 0 Å². The molecule has 3 aromatic rings. The Morgan fingerprint density at radius 3 is 1.95 bits per heavy atom. The first-order valence-electron chi connectivity index (χ1n) is 14.2. The van der Waals surface area contributed by atoms with Gasteiger partial charge in [-0.15, -0.1) is 0 Å². The van der Waals surface area contributed by atoms with Gasteiger partial charge in [0.2, 0.25) is 5.91 Å². The van der Waals surface area contributed by atoms with E-state index in [1.165, 1.54) is 48.5 Å². The van der Waals surface area contributed by atoms with E-state index in [0.29, 0.717) is 24.2 Å². The van der Waals surface area contributed by atoms with Crippen LogP contribution >= 0.6 is 0 Å². The van der Waals surface area contributed by atoms with Crippen molar-refractivity contribution in [3.05, 3.63) is 94.8 Å². The predicted octanol–water partition coefficient (Wildman–Crippen LogP) is 2.98. The minimum Gasteiger partial charge on any atom is -0.508 e. The molecule has 3 atom stereocenters. The van der Waals surface area contributed by atoms with Crippen LogP contribution in [-0.4, -0.2) is 95.5 Å². The number of nitrogens with zero attached hydrogens (tertiary/aromatic N) is 2. The summed E-state index contributed by atoms with van der Waals surface area (Å²) in [6.07, 6.45) is 0. The minimum atomic E-state index is -1.06. The fraction of sp³-hybridized carbons (Fsp3) is 0.364. The zero-order valence-corrected chi connectivity index (χ0v) is 24.5. The van der Waals surface area contributed by atoms with Crippen LogP contribution in [0.2, 0.25) is 0 Å². The van der Waals surface area contributed by atoms with Gasteiger partial charge in [-0.25, -0.2) is 4.39 Å². The summed E-state index contributed by atoms with van der Waals surface area (Å²) in [7, 11) is 3.73. The van der Waals surface area contributed by atoms with Gasteiger partial charge < -0.3 is 25.5 Å². The lowest BCUT2D eigenvalue weighted by Gasteiger charge is -2.45. The maximum Gasteiger partial charge on any atom is 0.239 e. The maximum absolute atomic E-state index is 14.9. The van der Waals surface area contributed by atoms with Crippen LogP contribution in [0.25, 0.3) is 0 Å². The van der Waals surface area contributed by atoms with Crippen LogP contribution in [0, 0.1) is 24.6 Å². The number of aliphatic hydroxyl groups excluding tert-OH is 1. The number of likely N-dealkylation sites (tertiary alicyclic amines) is 1. The summed E-state index contributed by atoms with van der Waals surface area (Å²) in [5.41, 5.74) is 1.17. The average molecular weight is 592 g/mol. The molecule has 1 saturated heterocycles. The van der Waals surface area contributed by atoms with Gasteiger partial charge in [0.15, 0.2) is 11.6 Å². The molecule has 3 aromatic carbocycles. The van der Waals surface area contributed by atoms with Crippen LogP contribution in [-0.2, 0) is 4.79 Å². The van der Waals surface area contributed by atoms with Gasteiger partial charge in [0.05, 0.1) is 6.61 Å². The monoisotopic (exact) mass is 591 g/mol. The van der Waals surface area contributed by atoms with Crippen molar-refractivity contribution < 1.29 is 34.1 Å². The molecule has 1 amide bonds. The van der Waals surface area contributed by atoms with Gasteiger partial charge in [0.25, 0.3) is 0 Å². The first-order valence-corrected chi connectivity index (χ1v) is 14.2. The van der Waals surface area contributed by atoms with Crippen molar-refractivity contribution in [3.8, 4) is 11.5 Å². The second-order valence-corrected chi connectivity index (χ2v) is 11.3. The summed E-state index contributed by atoms with van der Waals surface area (Å²) in [6.45, 7) is 1.92. The highest BCUT2D eigenvalue weighted by molar-refractivity contribution is 6.02. The molecule has 1 aliphatic rings. The summed E-state index contributed by atoms with van der Waals surface area (Å²) in [4.78, 5) is 45.2. The third-order valence-electron chi connectivity index (χ3n) is 8.11. The molecule has 0 radical (unpaired) electrons. The Labute approximate surface area is 250 Å². The first kappa shape index (κ1) is 31.8. The number of ketones is 2. The van der Waals surface area contributed by atoms with Gasteiger partial charge in [0.1, 0.15) is 23.4 Å². The highest BCUT2D eigenvalue weighted by Gasteiger charge is 2.47. The number of carbonyl (C=O) groups is 3. The number of halogens is 1. The number of aromatic hydroxyl groups is 2. The van der Waals surface area contributed by atoms with Crippen molar-refractivity contribution in [2.75, 3.05) is 46.9 Å². The molecule has 228 valence electrons. The first-order chi connectivity index (χ1) is 20.5. The van der Waals surface area contributed by atoms with E-state index in [-0.39, 0.29) is 35.7 Å². The number of Topliss-reactive ketones (excluding diaryl/α,β-unsaturated/α-hetero) is 2.